The summed E-state index contributed by atoms with van der Waals surface area (Å²) in [4.78, 5) is 33.6. The maximum Gasteiger partial charge on any atom is 0.316 e. The van der Waals surface area contributed by atoms with Gasteiger partial charge in [-0.3, -0.25) is 4.79 Å². The van der Waals surface area contributed by atoms with Crippen molar-refractivity contribution in [2.24, 2.45) is 0 Å². The molecule has 2 aromatic heterocycles. The van der Waals surface area contributed by atoms with E-state index < -0.39 is 0 Å². The number of carbonyl (C=O) groups excluding carboxylic acids is 1. The third kappa shape index (κ3) is 4.42. The SMILES string of the molecule is Cc1nc(N2CCN(C)CC2)nc(C)c1NC(=O)COc1ncccn1. The number of rotatable bonds is 5. The molecule has 3 heterocycles. The minimum Gasteiger partial charge on any atom is -0.453 e. The average Bonchev–Trinajstić information content (AvgIpc) is 2.64. The summed E-state index contributed by atoms with van der Waals surface area (Å²) in [5.41, 5.74) is 2.08. The highest BCUT2D eigenvalue weighted by Gasteiger charge is 2.19. The van der Waals surface area contributed by atoms with Crippen molar-refractivity contribution in [3.8, 4) is 6.01 Å². The molecular formula is C17H23N7O2. The van der Waals surface area contributed by atoms with Crippen LogP contribution in [0.4, 0.5) is 11.6 Å². The molecule has 26 heavy (non-hydrogen) atoms. The van der Waals surface area contributed by atoms with Gasteiger partial charge in [0.05, 0.1) is 17.1 Å². The number of amides is 1. The maximum atomic E-state index is 12.1. The van der Waals surface area contributed by atoms with Crippen LogP contribution < -0.4 is 15.0 Å². The van der Waals surface area contributed by atoms with Crippen LogP contribution in [0.3, 0.4) is 0 Å². The minimum atomic E-state index is -0.306. The van der Waals surface area contributed by atoms with E-state index >= 15 is 0 Å². The van der Waals surface area contributed by atoms with Crippen LogP contribution in [0.2, 0.25) is 0 Å². The summed E-state index contributed by atoms with van der Waals surface area (Å²) in [7, 11) is 2.11. The van der Waals surface area contributed by atoms with Crippen molar-refractivity contribution in [1.82, 2.24) is 24.8 Å². The van der Waals surface area contributed by atoms with Gasteiger partial charge in [0.2, 0.25) is 5.95 Å². The Balaban J connectivity index is 1.63. The van der Waals surface area contributed by atoms with E-state index in [0.29, 0.717) is 11.6 Å². The maximum absolute atomic E-state index is 12.1. The van der Waals surface area contributed by atoms with E-state index in [1.807, 2.05) is 13.8 Å². The molecular weight excluding hydrogens is 334 g/mol. The van der Waals surface area contributed by atoms with Crippen LogP contribution in [0.15, 0.2) is 18.5 Å². The first-order valence-electron chi connectivity index (χ1n) is 8.51. The summed E-state index contributed by atoms with van der Waals surface area (Å²) >= 11 is 0. The Morgan fingerprint density at radius 2 is 1.73 bits per heavy atom. The number of likely N-dealkylation sites (N-methyl/N-ethyl adjacent to an activating group) is 1. The third-order valence-electron chi connectivity index (χ3n) is 4.18. The molecule has 0 aromatic carbocycles. The predicted octanol–water partition coefficient (Wildman–Crippen LogP) is 0.653. The van der Waals surface area contributed by atoms with E-state index in [-0.39, 0.29) is 18.5 Å². The minimum absolute atomic E-state index is 0.165. The van der Waals surface area contributed by atoms with E-state index in [0.717, 1.165) is 37.6 Å². The fourth-order valence-electron chi connectivity index (χ4n) is 2.69. The van der Waals surface area contributed by atoms with Gasteiger partial charge in [0, 0.05) is 38.6 Å². The first-order chi connectivity index (χ1) is 12.5. The van der Waals surface area contributed by atoms with Gasteiger partial charge in [-0.05, 0) is 27.0 Å². The monoisotopic (exact) mass is 357 g/mol. The first kappa shape index (κ1) is 18.0. The summed E-state index contributed by atoms with van der Waals surface area (Å²) < 4.78 is 5.26. The van der Waals surface area contributed by atoms with E-state index in [1.165, 1.54) is 0 Å². The second-order valence-corrected chi connectivity index (χ2v) is 6.23. The number of carbonyl (C=O) groups is 1. The van der Waals surface area contributed by atoms with Crippen molar-refractivity contribution >= 4 is 17.5 Å². The fraction of sp³-hybridized carbons (Fsp3) is 0.471. The van der Waals surface area contributed by atoms with Crippen LogP contribution in [0, 0.1) is 13.8 Å². The van der Waals surface area contributed by atoms with Gasteiger partial charge in [-0.15, -0.1) is 0 Å². The summed E-state index contributed by atoms with van der Waals surface area (Å²) in [5, 5.41) is 2.81. The molecule has 1 amide bonds. The number of hydrogen-bond donors (Lipinski definition) is 1. The van der Waals surface area contributed by atoms with Gasteiger partial charge in [-0.2, -0.15) is 0 Å². The summed E-state index contributed by atoms with van der Waals surface area (Å²) in [6.07, 6.45) is 3.11. The average molecular weight is 357 g/mol. The highest BCUT2D eigenvalue weighted by atomic mass is 16.5. The van der Waals surface area contributed by atoms with Crippen LogP contribution in [-0.4, -0.2) is 70.6 Å². The molecule has 138 valence electrons. The fourth-order valence-corrected chi connectivity index (χ4v) is 2.69. The second-order valence-electron chi connectivity index (χ2n) is 6.23. The number of aromatic nitrogens is 4. The molecule has 1 aliphatic rings. The normalized spacial score (nSPS) is 15.0. The van der Waals surface area contributed by atoms with Crippen molar-refractivity contribution in [2.45, 2.75) is 13.8 Å². The lowest BCUT2D eigenvalue weighted by atomic mass is 10.2. The van der Waals surface area contributed by atoms with Crippen LogP contribution in [0.1, 0.15) is 11.4 Å². The van der Waals surface area contributed by atoms with Gasteiger partial charge < -0.3 is 19.9 Å². The number of ether oxygens (including phenoxy) is 1. The van der Waals surface area contributed by atoms with Crippen molar-refractivity contribution in [2.75, 3.05) is 50.1 Å². The molecule has 0 spiro atoms. The standard InChI is InChI=1S/C17H23N7O2/c1-12-15(22-14(25)11-26-17-18-5-4-6-19-17)13(2)21-16(20-12)24-9-7-23(3)8-10-24/h4-6H,7-11H2,1-3H3,(H,22,25). The van der Waals surface area contributed by atoms with Gasteiger partial charge >= 0.3 is 6.01 Å². The lowest BCUT2D eigenvalue weighted by molar-refractivity contribution is -0.118. The van der Waals surface area contributed by atoms with E-state index in [9.17, 15) is 4.79 Å². The number of hydrogen-bond acceptors (Lipinski definition) is 8. The van der Waals surface area contributed by atoms with Gasteiger partial charge in [-0.1, -0.05) is 0 Å². The molecule has 0 aliphatic carbocycles. The number of nitrogens with one attached hydrogen (secondary N) is 1. The zero-order valence-corrected chi connectivity index (χ0v) is 15.3. The Morgan fingerprint density at radius 3 is 2.35 bits per heavy atom. The quantitative estimate of drug-likeness (QED) is 0.833. The van der Waals surface area contributed by atoms with Crippen LogP contribution in [0.5, 0.6) is 6.01 Å². The number of anilines is 2. The first-order valence-corrected chi connectivity index (χ1v) is 8.51. The number of piperazine rings is 1. The highest BCUT2D eigenvalue weighted by Crippen LogP contribution is 2.21. The molecule has 1 aliphatic heterocycles. The molecule has 0 saturated carbocycles. The van der Waals surface area contributed by atoms with Gasteiger partial charge in [0.25, 0.3) is 5.91 Å². The number of nitrogens with zero attached hydrogens (tertiary/aromatic N) is 6. The molecule has 0 bridgehead atoms. The summed E-state index contributed by atoms with van der Waals surface area (Å²) in [6, 6.07) is 1.84. The molecule has 0 radical (unpaired) electrons. The van der Waals surface area contributed by atoms with Crippen LogP contribution >= 0.6 is 0 Å². The van der Waals surface area contributed by atoms with Gasteiger partial charge in [-0.25, -0.2) is 19.9 Å². The predicted molar refractivity (Wildman–Crippen MR) is 97.4 cm³/mol. The van der Waals surface area contributed by atoms with Gasteiger partial charge in [0.15, 0.2) is 6.61 Å². The van der Waals surface area contributed by atoms with Crippen molar-refractivity contribution < 1.29 is 9.53 Å². The zero-order valence-electron chi connectivity index (χ0n) is 15.3. The third-order valence-corrected chi connectivity index (χ3v) is 4.18. The van der Waals surface area contributed by atoms with Crippen molar-refractivity contribution in [3.05, 3.63) is 29.8 Å². The Morgan fingerprint density at radius 1 is 1.12 bits per heavy atom. The Hall–Kier alpha value is -2.81. The largest absolute Gasteiger partial charge is 0.453 e. The van der Waals surface area contributed by atoms with E-state index in [1.54, 1.807) is 18.5 Å². The number of aryl methyl sites for hydroxylation is 2. The summed E-state index contributed by atoms with van der Waals surface area (Å²) in [5.74, 6) is 0.402. The van der Waals surface area contributed by atoms with Crippen molar-refractivity contribution in [3.63, 3.8) is 0 Å². The summed E-state index contributed by atoms with van der Waals surface area (Å²) in [6.45, 7) is 7.31. The zero-order chi connectivity index (χ0) is 18.5. The lowest BCUT2D eigenvalue weighted by Crippen LogP contribution is -2.45. The topological polar surface area (TPSA) is 96.4 Å². The van der Waals surface area contributed by atoms with Crippen molar-refractivity contribution in [1.29, 1.82) is 0 Å². The van der Waals surface area contributed by atoms with E-state index in [4.69, 9.17) is 4.74 Å². The molecule has 2 aromatic rings. The Labute approximate surface area is 152 Å². The molecule has 3 rings (SSSR count). The molecule has 9 nitrogen and oxygen atoms in total. The molecule has 1 fully saturated rings. The molecule has 9 heteroatoms. The Kier molecular flexibility index (Phi) is 5.57. The van der Waals surface area contributed by atoms with E-state index in [2.05, 4.69) is 42.1 Å². The molecule has 0 atom stereocenters. The molecule has 1 N–H and O–H groups in total. The molecule has 0 unspecified atom stereocenters. The van der Waals surface area contributed by atoms with Crippen LogP contribution in [0.25, 0.3) is 0 Å². The molecule has 1 saturated heterocycles. The highest BCUT2D eigenvalue weighted by molar-refractivity contribution is 5.92. The Bertz CT molecular complexity index is 738. The van der Waals surface area contributed by atoms with Gasteiger partial charge in [0.1, 0.15) is 0 Å². The lowest BCUT2D eigenvalue weighted by Gasteiger charge is -2.32. The second kappa shape index (κ2) is 8.05. The smallest absolute Gasteiger partial charge is 0.316 e. The van der Waals surface area contributed by atoms with Crippen LogP contribution in [-0.2, 0) is 4.79 Å².